The third-order valence-corrected chi connectivity index (χ3v) is 3.48. The van der Waals surface area contributed by atoms with Crippen LogP contribution in [0.25, 0.3) is 0 Å². The third-order valence-electron chi connectivity index (χ3n) is 3.48. The highest BCUT2D eigenvalue weighted by Gasteiger charge is 2.36. The molecule has 1 aromatic rings. The van der Waals surface area contributed by atoms with Gasteiger partial charge in [-0.25, -0.2) is 0 Å². The summed E-state index contributed by atoms with van der Waals surface area (Å²) in [6.45, 7) is 3.68. The van der Waals surface area contributed by atoms with Crippen LogP contribution in [0.1, 0.15) is 6.92 Å². The van der Waals surface area contributed by atoms with Crippen LogP contribution in [0, 0.1) is 0 Å². The van der Waals surface area contributed by atoms with Crippen molar-refractivity contribution in [1.82, 2.24) is 10.2 Å². The van der Waals surface area contributed by atoms with Crippen LogP contribution < -0.4 is 10.2 Å². The number of likely N-dealkylation sites (N-methyl/N-ethyl adjacent to an activating group) is 2. The maximum atomic E-state index is 12.6. The maximum Gasteiger partial charge on any atom is 0.245 e. The Bertz CT molecular complexity index is 407. The SMILES string of the molecule is CNCC1C(=O)N(c2ccccc2)C(C)CN1C. The molecule has 2 rings (SSSR count). The summed E-state index contributed by atoms with van der Waals surface area (Å²) < 4.78 is 0. The monoisotopic (exact) mass is 247 g/mol. The largest absolute Gasteiger partial charge is 0.318 e. The average Bonchev–Trinajstić information content (AvgIpc) is 2.35. The number of nitrogens with one attached hydrogen (secondary N) is 1. The highest BCUT2D eigenvalue weighted by atomic mass is 16.2. The van der Waals surface area contributed by atoms with Crippen LogP contribution in [0.15, 0.2) is 30.3 Å². The van der Waals surface area contributed by atoms with Crippen LogP contribution in [0.2, 0.25) is 0 Å². The van der Waals surface area contributed by atoms with E-state index in [2.05, 4.69) is 17.1 Å². The summed E-state index contributed by atoms with van der Waals surface area (Å²) >= 11 is 0. The average molecular weight is 247 g/mol. The van der Waals surface area contributed by atoms with Crippen LogP contribution in [0.3, 0.4) is 0 Å². The first-order valence-electron chi connectivity index (χ1n) is 6.38. The van der Waals surface area contributed by atoms with Crippen molar-refractivity contribution >= 4 is 11.6 Å². The molecule has 1 aromatic carbocycles. The number of carbonyl (C=O) groups is 1. The minimum atomic E-state index is -0.0774. The lowest BCUT2D eigenvalue weighted by Crippen LogP contribution is -2.62. The number of hydrogen-bond acceptors (Lipinski definition) is 3. The molecule has 0 aromatic heterocycles. The van der Waals surface area contributed by atoms with Gasteiger partial charge in [0, 0.05) is 24.8 Å². The van der Waals surface area contributed by atoms with Gasteiger partial charge in [0.2, 0.25) is 5.91 Å². The molecule has 4 nitrogen and oxygen atoms in total. The Hall–Kier alpha value is -1.39. The van der Waals surface area contributed by atoms with Crippen molar-refractivity contribution < 1.29 is 4.79 Å². The predicted octanol–water partition coefficient (Wildman–Crippen LogP) is 0.941. The number of rotatable bonds is 3. The Morgan fingerprint density at radius 1 is 1.33 bits per heavy atom. The second kappa shape index (κ2) is 5.50. The van der Waals surface area contributed by atoms with Crippen LogP contribution in [0.4, 0.5) is 5.69 Å². The van der Waals surface area contributed by atoms with Gasteiger partial charge in [0.05, 0.1) is 0 Å². The second-order valence-electron chi connectivity index (χ2n) is 4.91. The summed E-state index contributed by atoms with van der Waals surface area (Å²) in [5.74, 6) is 0.178. The molecule has 1 N–H and O–H groups in total. The van der Waals surface area contributed by atoms with Crippen molar-refractivity contribution in [3.05, 3.63) is 30.3 Å². The van der Waals surface area contributed by atoms with Gasteiger partial charge in [-0.15, -0.1) is 0 Å². The fraction of sp³-hybridized carbons (Fsp3) is 0.500. The van der Waals surface area contributed by atoms with E-state index in [1.54, 1.807) is 0 Å². The molecule has 98 valence electrons. The van der Waals surface area contributed by atoms with Gasteiger partial charge in [-0.2, -0.15) is 0 Å². The number of anilines is 1. The lowest BCUT2D eigenvalue weighted by molar-refractivity contribution is -0.126. The predicted molar refractivity (Wildman–Crippen MR) is 73.7 cm³/mol. The Morgan fingerprint density at radius 3 is 2.61 bits per heavy atom. The van der Waals surface area contributed by atoms with E-state index >= 15 is 0 Å². The number of benzene rings is 1. The Kier molecular flexibility index (Phi) is 3.99. The molecule has 0 radical (unpaired) electrons. The van der Waals surface area contributed by atoms with Crippen LogP contribution in [0.5, 0.6) is 0 Å². The molecule has 1 saturated heterocycles. The molecule has 0 saturated carbocycles. The number of carbonyl (C=O) groups excluding carboxylic acids is 1. The highest BCUT2D eigenvalue weighted by molar-refractivity contribution is 5.98. The molecule has 2 atom stereocenters. The van der Waals surface area contributed by atoms with Crippen molar-refractivity contribution in [2.45, 2.75) is 19.0 Å². The minimum Gasteiger partial charge on any atom is -0.318 e. The standard InChI is InChI=1S/C14H21N3O/c1-11-10-16(3)13(9-15-2)14(18)17(11)12-7-5-4-6-8-12/h4-8,11,13,15H,9-10H2,1-3H3. The summed E-state index contributed by atoms with van der Waals surface area (Å²) in [6.07, 6.45) is 0. The first kappa shape index (κ1) is 13.1. The molecular weight excluding hydrogens is 226 g/mol. The van der Waals surface area contributed by atoms with E-state index in [4.69, 9.17) is 0 Å². The molecule has 1 fully saturated rings. The lowest BCUT2D eigenvalue weighted by Gasteiger charge is -2.43. The number of hydrogen-bond donors (Lipinski definition) is 1. The summed E-state index contributed by atoms with van der Waals surface area (Å²) in [6, 6.07) is 10.0. The molecule has 1 heterocycles. The topological polar surface area (TPSA) is 35.6 Å². The van der Waals surface area contributed by atoms with Crippen molar-refractivity contribution in [2.24, 2.45) is 0 Å². The second-order valence-corrected chi connectivity index (χ2v) is 4.91. The number of nitrogens with zero attached hydrogens (tertiary/aromatic N) is 2. The Balaban J connectivity index is 2.26. The molecule has 4 heteroatoms. The van der Waals surface area contributed by atoms with Crippen molar-refractivity contribution in [2.75, 3.05) is 32.1 Å². The van der Waals surface area contributed by atoms with Crippen LogP contribution in [-0.2, 0) is 4.79 Å². The van der Waals surface area contributed by atoms with E-state index < -0.39 is 0 Å². The number of amides is 1. The Morgan fingerprint density at radius 2 is 2.00 bits per heavy atom. The molecular formula is C14H21N3O. The first-order valence-corrected chi connectivity index (χ1v) is 6.38. The smallest absolute Gasteiger partial charge is 0.245 e. The van der Waals surface area contributed by atoms with Crippen molar-refractivity contribution in [3.8, 4) is 0 Å². The molecule has 1 amide bonds. The van der Waals surface area contributed by atoms with E-state index in [0.29, 0.717) is 6.54 Å². The lowest BCUT2D eigenvalue weighted by atomic mass is 10.1. The van der Waals surface area contributed by atoms with Crippen LogP contribution >= 0.6 is 0 Å². The zero-order valence-corrected chi connectivity index (χ0v) is 11.3. The molecule has 18 heavy (non-hydrogen) atoms. The zero-order chi connectivity index (χ0) is 13.1. The quantitative estimate of drug-likeness (QED) is 0.863. The van der Waals surface area contributed by atoms with Gasteiger partial charge >= 0.3 is 0 Å². The Labute approximate surface area is 109 Å². The molecule has 0 aliphatic carbocycles. The molecule has 1 aliphatic heterocycles. The van der Waals surface area contributed by atoms with Gasteiger partial charge < -0.3 is 10.2 Å². The summed E-state index contributed by atoms with van der Waals surface area (Å²) in [7, 11) is 3.89. The van der Waals surface area contributed by atoms with Crippen molar-refractivity contribution in [1.29, 1.82) is 0 Å². The first-order chi connectivity index (χ1) is 8.65. The van der Waals surface area contributed by atoms with Gasteiger partial charge in [0.1, 0.15) is 6.04 Å². The third kappa shape index (κ3) is 2.40. The number of para-hydroxylation sites is 1. The molecule has 0 bridgehead atoms. The van der Waals surface area contributed by atoms with Gasteiger partial charge in [-0.05, 0) is 33.2 Å². The van der Waals surface area contributed by atoms with E-state index in [0.717, 1.165) is 12.2 Å². The highest BCUT2D eigenvalue weighted by Crippen LogP contribution is 2.23. The summed E-state index contributed by atoms with van der Waals surface area (Å²) in [5.41, 5.74) is 0.990. The van der Waals surface area contributed by atoms with Gasteiger partial charge in [0.25, 0.3) is 0 Å². The zero-order valence-electron chi connectivity index (χ0n) is 11.3. The molecule has 0 spiro atoms. The number of piperazine rings is 1. The van der Waals surface area contributed by atoms with E-state index in [1.807, 2.05) is 49.3 Å². The van der Waals surface area contributed by atoms with E-state index in [1.165, 1.54) is 0 Å². The van der Waals surface area contributed by atoms with Gasteiger partial charge in [-0.3, -0.25) is 9.69 Å². The minimum absolute atomic E-state index is 0.0774. The van der Waals surface area contributed by atoms with Crippen molar-refractivity contribution in [3.63, 3.8) is 0 Å². The fourth-order valence-electron chi connectivity index (χ4n) is 2.60. The maximum absolute atomic E-state index is 12.6. The normalized spacial score (nSPS) is 25.5. The summed E-state index contributed by atoms with van der Waals surface area (Å²) in [4.78, 5) is 16.6. The van der Waals surface area contributed by atoms with Crippen LogP contribution in [-0.4, -0.2) is 50.1 Å². The molecule has 1 aliphatic rings. The summed E-state index contributed by atoms with van der Waals surface area (Å²) in [5, 5.41) is 3.10. The van der Waals surface area contributed by atoms with E-state index in [-0.39, 0.29) is 18.0 Å². The fourth-order valence-corrected chi connectivity index (χ4v) is 2.60. The molecule has 2 unspecified atom stereocenters. The van der Waals surface area contributed by atoms with E-state index in [9.17, 15) is 4.79 Å². The van der Waals surface area contributed by atoms with Gasteiger partial charge in [-0.1, -0.05) is 18.2 Å². The van der Waals surface area contributed by atoms with Gasteiger partial charge in [0.15, 0.2) is 0 Å².